The Bertz CT molecular complexity index is 1480. The van der Waals surface area contributed by atoms with Crippen molar-refractivity contribution < 1.29 is 38.2 Å². The first-order chi connectivity index (χ1) is 21.2. The molecule has 0 spiro atoms. The number of hydrogen-bond acceptors (Lipinski definition) is 9. The van der Waals surface area contributed by atoms with Gasteiger partial charge in [0.15, 0.2) is 6.54 Å². The van der Waals surface area contributed by atoms with Crippen molar-refractivity contribution >= 4 is 24.0 Å². The second kappa shape index (κ2) is 13.9. The number of ether oxygens (including phenoxy) is 3. The molecule has 0 unspecified atom stereocenters. The van der Waals surface area contributed by atoms with Crippen LogP contribution >= 0.6 is 0 Å². The molecule has 3 aromatic carbocycles. The van der Waals surface area contributed by atoms with Crippen LogP contribution in [0.15, 0.2) is 78.9 Å². The highest BCUT2D eigenvalue weighted by Gasteiger charge is 2.37. The van der Waals surface area contributed by atoms with Gasteiger partial charge in [-0.15, -0.1) is 0 Å². The third-order valence-electron chi connectivity index (χ3n) is 6.82. The van der Waals surface area contributed by atoms with Gasteiger partial charge in [0.05, 0.1) is 5.41 Å². The summed E-state index contributed by atoms with van der Waals surface area (Å²) in [6.07, 6.45) is -1.02. The van der Waals surface area contributed by atoms with Crippen LogP contribution in [-0.4, -0.2) is 59.5 Å². The molecule has 10 nitrogen and oxygen atoms in total. The zero-order valence-corrected chi connectivity index (χ0v) is 26.6. The summed E-state index contributed by atoms with van der Waals surface area (Å²) in [6.45, 7) is 8.38. The van der Waals surface area contributed by atoms with Crippen molar-refractivity contribution in [2.75, 3.05) is 19.7 Å². The predicted molar refractivity (Wildman–Crippen MR) is 166 cm³/mol. The van der Waals surface area contributed by atoms with Crippen LogP contribution in [0.3, 0.4) is 0 Å². The SMILES string of the molecule is CC(C)(C)OC(=O)CN(OC(=O)C(C)(C)C)N(CC(=O)OCc1ccccc1)C(=O)OCC1c2ccccc2-c2ccccc21. The van der Waals surface area contributed by atoms with E-state index in [0.717, 1.165) is 32.8 Å². The number of hydrazine groups is 1. The van der Waals surface area contributed by atoms with E-state index in [-0.39, 0.29) is 19.1 Å². The molecule has 1 amide bonds. The van der Waals surface area contributed by atoms with Crippen molar-refractivity contribution in [1.29, 1.82) is 0 Å². The van der Waals surface area contributed by atoms with Gasteiger partial charge in [0.1, 0.15) is 25.4 Å². The number of esters is 2. The minimum Gasteiger partial charge on any atom is -0.459 e. The molecule has 0 aliphatic heterocycles. The van der Waals surface area contributed by atoms with E-state index in [1.54, 1.807) is 65.8 Å². The lowest BCUT2D eigenvalue weighted by molar-refractivity contribution is -0.263. The van der Waals surface area contributed by atoms with E-state index in [4.69, 9.17) is 19.0 Å². The number of nitrogens with zero attached hydrogens (tertiary/aromatic N) is 2. The van der Waals surface area contributed by atoms with Crippen LogP contribution in [-0.2, 0) is 40.0 Å². The summed E-state index contributed by atoms with van der Waals surface area (Å²) in [6, 6.07) is 24.7. The van der Waals surface area contributed by atoms with Gasteiger partial charge in [-0.3, -0.25) is 9.59 Å². The van der Waals surface area contributed by atoms with Crippen molar-refractivity contribution in [2.45, 2.75) is 59.7 Å². The number of rotatable bonds is 10. The van der Waals surface area contributed by atoms with Gasteiger partial charge in [-0.2, -0.15) is 5.01 Å². The second-order valence-electron chi connectivity index (χ2n) is 12.7. The molecule has 0 aromatic heterocycles. The number of fused-ring (bicyclic) bond motifs is 3. The van der Waals surface area contributed by atoms with Crippen molar-refractivity contribution in [3.05, 3.63) is 95.6 Å². The topological polar surface area (TPSA) is 112 Å². The average molecular weight is 617 g/mol. The predicted octanol–water partition coefficient (Wildman–Crippen LogP) is 6.04. The molecule has 45 heavy (non-hydrogen) atoms. The first kappa shape index (κ1) is 33.2. The van der Waals surface area contributed by atoms with Crippen LogP contribution < -0.4 is 0 Å². The summed E-state index contributed by atoms with van der Waals surface area (Å²) in [7, 11) is 0. The monoisotopic (exact) mass is 616 g/mol. The summed E-state index contributed by atoms with van der Waals surface area (Å²) < 4.78 is 16.6. The van der Waals surface area contributed by atoms with Gasteiger partial charge in [-0.1, -0.05) is 78.9 Å². The Labute approximate surface area is 263 Å². The molecular formula is C35H40N2O8. The molecule has 0 heterocycles. The van der Waals surface area contributed by atoms with Crippen molar-refractivity contribution in [2.24, 2.45) is 5.41 Å². The van der Waals surface area contributed by atoms with Crippen LogP contribution in [0, 0.1) is 5.41 Å². The van der Waals surface area contributed by atoms with Gasteiger partial charge in [-0.05, 0) is 74.5 Å². The van der Waals surface area contributed by atoms with Crippen LogP contribution in [0.4, 0.5) is 4.79 Å². The summed E-state index contributed by atoms with van der Waals surface area (Å²) in [5, 5.41) is 1.47. The summed E-state index contributed by atoms with van der Waals surface area (Å²) in [5.74, 6) is -2.63. The lowest BCUT2D eigenvalue weighted by atomic mass is 9.98. The molecule has 0 saturated carbocycles. The van der Waals surface area contributed by atoms with Crippen molar-refractivity contribution in [1.82, 2.24) is 10.2 Å². The first-order valence-corrected chi connectivity index (χ1v) is 14.8. The number of hydroxylamine groups is 1. The largest absolute Gasteiger partial charge is 0.459 e. The van der Waals surface area contributed by atoms with Crippen LogP contribution in [0.5, 0.6) is 0 Å². The maximum atomic E-state index is 13.8. The summed E-state index contributed by atoms with van der Waals surface area (Å²) in [5.41, 5.74) is 2.94. The Hall–Kier alpha value is -4.70. The Morgan fingerprint density at radius 3 is 1.80 bits per heavy atom. The molecule has 0 bridgehead atoms. The highest BCUT2D eigenvalue weighted by Crippen LogP contribution is 2.44. The number of carbonyl (C=O) groups excluding carboxylic acids is 4. The molecule has 10 heteroatoms. The maximum absolute atomic E-state index is 13.8. The fourth-order valence-corrected chi connectivity index (χ4v) is 4.69. The van der Waals surface area contributed by atoms with E-state index in [1.807, 2.05) is 54.6 Å². The zero-order valence-electron chi connectivity index (χ0n) is 26.6. The standard InChI is InChI=1S/C35H40N2O8/c1-34(2,3)32(40)45-37(21-31(39)44-35(4,5)6)36(20-30(38)42-22-24-14-8-7-9-15-24)33(41)43-23-29-27-18-12-10-16-25(27)26-17-11-13-19-28(26)29/h7-19,29H,20-23H2,1-6H3. The lowest BCUT2D eigenvalue weighted by Crippen LogP contribution is -2.53. The Morgan fingerprint density at radius 2 is 1.24 bits per heavy atom. The molecule has 0 fully saturated rings. The first-order valence-electron chi connectivity index (χ1n) is 14.8. The van der Waals surface area contributed by atoms with Gasteiger partial charge < -0.3 is 19.0 Å². The van der Waals surface area contributed by atoms with E-state index in [1.165, 1.54) is 0 Å². The highest BCUT2D eigenvalue weighted by atomic mass is 16.8. The molecule has 0 N–H and O–H groups in total. The highest BCUT2D eigenvalue weighted by molar-refractivity contribution is 5.81. The lowest BCUT2D eigenvalue weighted by Gasteiger charge is -2.33. The molecule has 3 aromatic rings. The summed E-state index contributed by atoms with van der Waals surface area (Å²) in [4.78, 5) is 58.3. The zero-order chi connectivity index (χ0) is 32.8. The van der Waals surface area contributed by atoms with Crippen LogP contribution in [0.1, 0.15) is 64.2 Å². The third-order valence-corrected chi connectivity index (χ3v) is 6.82. The second-order valence-corrected chi connectivity index (χ2v) is 12.7. The van der Waals surface area contributed by atoms with Gasteiger partial charge in [-0.25, -0.2) is 9.59 Å². The van der Waals surface area contributed by atoms with E-state index in [2.05, 4.69) is 0 Å². The molecule has 4 rings (SSSR count). The van der Waals surface area contributed by atoms with Gasteiger partial charge in [0.2, 0.25) is 0 Å². The van der Waals surface area contributed by atoms with Gasteiger partial charge >= 0.3 is 24.0 Å². The molecule has 1 aliphatic rings. The fourth-order valence-electron chi connectivity index (χ4n) is 4.69. The van der Waals surface area contributed by atoms with Gasteiger partial charge in [0.25, 0.3) is 0 Å². The van der Waals surface area contributed by atoms with Crippen LogP contribution in [0.2, 0.25) is 0 Å². The number of hydrogen-bond donors (Lipinski definition) is 0. The molecule has 238 valence electrons. The molecule has 1 aliphatic carbocycles. The van der Waals surface area contributed by atoms with Crippen LogP contribution in [0.25, 0.3) is 11.1 Å². The Balaban J connectivity index is 1.60. The molecule has 0 radical (unpaired) electrons. The quantitative estimate of drug-likeness (QED) is 0.153. The Kier molecular flexibility index (Phi) is 10.3. The van der Waals surface area contributed by atoms with E-state index >= 15 is 0 Å². The fraction of sp³-hybridized carbons (Fsp3) is 0.371. The van der Waals surface area contributed by atoms with Gasteiger partial charge in [0, 0.05) is 5.92 Å². The molecule has 0 saturated heterocycles. The molecule has 0 atom stereocenters. The van der Waals surface area contributed by atoms with Crippen molar-refractivity contribution in [3.63, 3.8) is 0 Å². The number of amides is 1. The number of benzene rings is 3. The third kappa shape index (κ3) is 8.92. The minimum atomic E-state index is -1.02. The molecular weight excluding hydrogens is 576 g/mol. The van der Waals surface area contributed by atoms with E-state index in [9.17, 15) is 19.2 Å². The summed E-state index contributed by atoms with van der Waals surface area (Å²) >= 11 is 0. The van der Waals surface area contributed by atoms with E-state index < -0.39 is 48.1 Å². The smallest absolute Gasteiger partial charge is 0.427 e. The maximum Gasteiger partial charge on any atom is 0.427 e. The van der Waals surface area contributed by atoms with Crippen molar-refractivity contribution in [3.8, 4) is 11.1 Å². The normalized spacial score (nSPS) is 12.6. The van der Waals surface area contributed by atoms with E-state index in [0.29, 0.717) is 5.17 Å². The average Bonchev–Trinajstić information content (AvgIpc) is 3.30. The Morgan fingerprint density at radius 1 is 0.689 bits per heavy atom. The minimum absolute atomic E-state index is 0.0496. The number of carbonyl (C=O) groups is 4.